The fourth-order valence-electron chi connectivity index (χ4n) is 7.11. The SMILES string of the molecule is CCCCCCCC/C=C/CCCCCCCCCC(=O)O[C@H](COC(=O)CCCCCCCCCCCCCC)COP(=O)(O)OC1C(O)C(O)C(O)[C@@H](O)C1O. The minimum atomic E-state index is -5.11. The van der Waals surface area contributed by atoms with E-state index in [1.165, 1.54) is 109 Å². The molecule has 58 heavy (non-hydrogen) atoms. The molecule has 6 unspecified atom stereocenters. The normalized spacial score (nSPS) is 22.6. The summed E-state index contributed by atoms with van der Waals surface area (Å²) in [5, 5.41) is 50.1. The number of allylic oxidation sites excluding steroid dienone is 2. The van der Waals surface area contributed by atoms with Crippen molar-refractivity contribution in [2.24, 2.45) is 0 Å². The van der Waals surface area contributed by atoms with Gasteiger partial charge in [0.1, 0.15) is 43.2 Å². The topological polar surface area (TPSA) is 210 Å². The van der Waals surface area contributed by atoms with E-state index in [2.05, 4.69) is 26.0 Å². The van der Waals surface area contributed by atoms with Crippen LogP contribution >= 0.6 is 7.82 Å². The number of phosphoric ester groups is 1. The number of aliphatic hydroxyl groups excluding tert-OH is 5. The first-order chi connectivity index (χ1) is 27.9. The van der Waals surface area contributed by atoms with Crippen LogP contribution < -0.4 is 0 Å². The van der Waals surface area contributed by atoms with Gasteiger partial charge in [0, 0.05) is 12.8 Å². The van der Waals surface area contributed by atoms with Crippen molar-refractivity contribution >= 4 is 19.8 Å². The summed E-state index contributed by atoms with van der Waals surface area (Å²) in [6.07, 6.45) is 22.7. The van der Waals surface area contributed by atoms with E-state index in [1.807, 2.05) is 0 Å². The zero-order valence-corrected chi connectivity index (χ0v) is 37.0. The predicted octanol–water partition coefficient (Wildman–Crippen LogP) is 8.67. The Hall–Kier alpha value is -1.41. The average molecular weight is 851 g/mol. The van der Waals surface area contributed by atoms with Crippen molar-refractivity contribution in [3.8, 4) is 0 Å². The Bertz CT molecular complexity index is 1080. The van der Waals surface area contributed by atoms with E-state index in [0.29, 0.717) is 12.8 Å². The molecule has 14 heteroatoms. The van der Waals surface area contributed by atoms with Gasteiger partial charge >= 0.3 is 19.8 Å². The first-order valence-electron chi connectivity index (χ1n) is 23.0. The number of phosphoric acid groups is 1. The zero-order valence-electron chi connectivity index (χ0n) is 36.1. The number of carbonyl (C=O) groups is 2. The molecule has 0 aromatic carbocycles. The van der Waals surface area contributed by atoms with E-state index in [1.54, 1.807) is 0 Å². The number of carbonyl (C=O) groups excluding carboxylic acids is 2. The van der Waals surface area contributed by atoms with Gasteiger partial charge in [0.2, 0.25) is 0 Å². The number of ether oxygens (including phenoxy) is 2. The Balaban J connectivity index is 2.45. The van der Waals surface area contributed by atoms with Gasteiger partial charge in [-0.2, -0.15) is 0 Å². The van der Waals surface area contributed by atoms with Gasteiger partial charge in [-0.15, -0.1) is 0 Å². The molecule has 0 radical (unpaired) electrons. The van der Waals surface area contributed by atoms with Crippen molar-refractivity contribution < 1.29 is 63.1 Å². The summed E-state index contributed by atoms with van der Waals surface area (Å²) < 4.78 is 33.5. The molecule has 0 heterocycles. The molecule has 0 amide bonds. The second-order valence-corrected chi connectivity index (χ2v) is 17.7. The quantitative estimate of drug-likeness (QED) is 0.0149. The summed E-state index contributed by atoms with van der Waals surface area (Å²) in [5.74, 6) is -1.10. The van der Waals surface area contributed by atoms with E-state index in [9.17, 15) is 44.6 Å². The maximum Gasteiger partial charge on any atom is 0.472 e. The maximum absolute atomic E-state index is 12.8. The number of esters is 2. The minimum Gasteiger partial charge on any atom is -0.462 e. The van der Waals surface area contributed by atoms with Crippen LogP contribution in [0.15, 0.2) is 12.2 Å². The Morgan fingerprint density at radius 3 is 1.31 bits per heavy atom. The Morgan fingerprint density at radius 2 is 0.879 bits per heavy atom. The van der Waals surface area contributed by atoms with Crippen LogP contribution in [-0.4, -0.2) is 98.3 Å². The van der Waals surface area contributed by atoms with Crippen LogP contribution in [0.1, 0.15) is 200 Å². The molecule has 0 bridgehead atoms. The second-order valence-electron chi connectivity index (χ2n) is 16.3. The van der Waals surface area contributed by atoms with Crippen LogP contribution in [0.3, 0.4) is 0 Å². The second kappa shape index (κ2) is 35.2. The molecule has 1 rings (SSSR count). The average Bonchev–Trinajstić information content (AvgIpc) is 3.20. The highest BCUT2D eigenvalue weighted by molar-refractivity contribution is 7.47. The van der Waals surface area contributed by atoms with Crippen LogP contribution in [0.2, 0.25) is 0 Å². The van der Waals surface area contributed by atoms with Gasteiger partial charge in [-0.1, -0.05) is 161 Å². The van der Waals surface area contributed by atoms with Crippen molar-refractivity contribution in [1.29, 1.82) is 0 Å². The van der Waals surface area contributed by atoms with Gasteiger partial charge in [-0.3, -0.25) is 18.6 Å². The lowest BCUT2D eigenvalue weighted by atomic mass is 9.85. The first-order valence-corrected chi connectivity index (χ1v) is 24.5. The summed E-state index contributed by atoms with van der Waals surface area (Å²) in [6.45, 7) is 3.29. The van der Waals surface area contributed by atoms with E-state index < -0.39 is 75.7 Å². The third-order valence-corrected chi connectivity index (χ3v) is 11.8. The summed E-state index contributed by atoms with van der Waals surface area (Å²) in [7, 11) is -5.11. The molecule has 0 saturated heterocycles. The fraction of sp³-hybridized carbons (Fsp3) is 0.909. The first kappa shape index (κ1) is 54.6. The standard InChI is InChI=1S/C44H83O13P/c1-3-5-7-9-11-13-15-17-18-19-20-21-23-25-27-29-31-33-38(46)56-36(34-54-37(45)32-30-28-26-24-22-16-14-12-10-8-6-4-2)35-55-58(52,53)57-44-42(50)40(48)39(47)41(49)43(44)51/h17-18,36,39-44,47-51H,3-16,19-35H2,1-2H3,(H,52,53)/b18-17+/t36-,39?,40-,41?,42?,43?,44?/m1/s1. The third kappa shape index (κ3) is 27.4. The number of hydrogen-bond acceptors (Lipinski definition) is 12. The molecule has 1 aliphatic rings. The van der Waals surface area contributed by atoms with Gasteiger partial charge in [-0.05, 0) is 38.5 Å². The highest BCUT2D eigenvalue weighted by Crippen LogP contribution is 2.47. The number of unbranched alkanes of at least 4 members (excludes halogenated alkanes) is 24. The maximum atomic E-state index is 12.8. The molecule has 0 aromatic heterocycles. The summed E-state index contributed by atoms with van der Waals surface area (Å²) >= 11 is 0. The number of rotatable bonds is 38. The number of hydrogen-bond donors (Lipinski definition) is 6. The van der Waals surface area contributed by atoms with Crippen molar-refractivity contribution in [3.05, 3.63) is 12.2 Å². The molecular weight excluding hydrogens is 767 g/mol. The van der Waals surface area contributed by atoms with Gasteiger partial charge < -0.3 is 39.9 Å². The van der Waals surface area contributed by atoms with Crippen LogP contribution in [0, 0.1) is 0 Å². The van der Waals surface area contributed by atoms with Crippen molar-refractivity contribution in [3.63, 3.8) is 0 Å². The predicted molar refractivity (Wildman–Crippen MR) is 226 cm³/mol. The molecule has 0 aromatic rings. The lowest BCUT2D eigenvalue weighted by Gasteiger charge is -2.41. The molecule has 0 spiro atoms. The highest BCUT2D eigenvalue weighted by atomic mass is 31.2. The fourth-order valence-corrected chi connectivity index (χ4v) is 8.08. The van der Waals surface area contributed by atoms with Gasteiger partial charge in [0.25, 0.3) is 0 Å². The summed E-state index contributed by atoms with van der Waals surface area (Å²) in [4.78, 5) is 35.6. The van der Waals surface area contributed by atoms with Gasteiger partial charge in [0.15, 0.2) is 6.10 Å². The molecule has 342 valence electrons. The lowest BCUT2D eigenvalue weighted by Crippen LogP contribution is -2.64. The van der Waals surface area contributed by atoms with Crippen LogP contribution in [-0.2, 0) is 32.7 Å². The molecule has 1 fully saturated rings. The molecular formula is C44H83O13P. The third-order valence-electron chi connectivity index (χ3n) is 10.9. The van der Waals surface area contributed by atoms with Crippen molar-refractivity contribution in [1.82, 2.24) is 0 Å². The minimum absolute atomic E-state index is 0.0958. The van der Waals surface area contributed by atoms with E-state index in [-0.39, 0.29) is 12.8 Å². The smallest absolute Gasteiger partial charge is 0.462 e. The Labute approximate surface area is 350 Å². The monoisotopic (exact) mass is 851 g/mol. The molecule has 13 nitrogen and oxygen atoms in total. The largest absolute Gasteiger partial charge is 0.472 e. The summed E-state index contributed by atoms with van der Waals surface area (Å²) in [6, 6.07) is 0. The van der Waals surface area contributed by atoms with E-state index >= 15 is 0 Å². The molecule has 1 aliphatic carbocycles. The van der Waals surface area contributed by atoms with Crippen LogP contribution in [0.4, 0.5) is 0 Å². The summed E-state index contributed by atoms with van der Waals surface area (Å²) in [5.41, 5.74) is 0. The highest BCUT2D eigenvalue weighted by Gasteiger charge is 2.51. The van der Waals surface area contributed by atoms with Gasteiger partial charge in [-0.25, -0.2) is 4.57 Å². The van der Waals surface area contributed by atoms with Crippen molar-refractivity contribution in [2.75, 3.05) is 13.2 Å². The molecule has 1 saturated carbocycles. The Morgan fingerprint density at radius 1 is 0.517 bits per heavy atom. The molecule has 8 atom stereocenters. The van der Waals surface area contributed by atoms with Crippen LogP contribution in [0.25, 0.3) is 0 Å². The Kier molecular flexibility index (Phi) is 33.2. The van der Waals surface area contributed by atoms with Crippen molar-refractivity contribution in [2.45, 2.75) is 243 Å². The zero-order chi connectivity index (χ0) is 42.9. The van der Waals surface area contributed by atoms with Gasteiger partial charge in [0.05, 0.1) is 6.61 Å². The molecule has 6 N–H and O–H groups in total. The van der Waals surface area contributed by atoms with E-state index in [4.69, 9.17) is 18.5 Å². The van der Waals surface area contributed by atoms with E-state index in [0.717, 1.165) is 51.4 Å². The van der Waals surface area contributed by atoms with Crippen LogP contribution in [0.5, 0.6) is 0 Å². The lowest BCUT2D eigenvalue weighted by molar-refractivity contribution is -0.220. The molecule has 0 aliphatic heterocycles. The number of aliphatic hydroxyl groups is 5.